The summed E-state index contributed by atoms with van der Waals surface area (Å²) in [5, 5.41) is 2.71. The van der Waals surface area contributed by atoms with Crippen LogP contribution in [-0.4, -0.2) is 37.8 Å². The Morgan fingerprint density at radius 3 is 2.83 bits per heavy atom. The van der Waals surface area contributed by atoms with Gasteiger partial charge in [-0.2, -0.15) is 0 Å². The van der Waals surface area contributed by atoms with Crippen molar-refractivity contribution in [3.63, 3.8) is 0 Å². The fraction of sp³-hybridized carbons (Fsp3) is 0.500. The van der Waals surface area contributed by atoms with Crippen molar-refractivity contribution in [2.24, 2.45) is 13.0 Å². The minimum absolute atomic E-state index is 0.0431. The van der Waals surface area contributed by atoms with Gasteiger partial charge in [-0.1, -0.05) is 0 Å². The van der Waals surface area contributed by atoms with Crippen LogP contribution in [0.1, 0.15) is 37.4 Å². The molecule has 3 rings (SSSR count). The Bertz CT molecular complexity index is 750. The predicted octanol–water partition coefficient (Wildman–Crippen LogP) is 1.65. The van der Waals surface area contributed by atoms with Crippen LogP contribution in [0.15, 0.2) is 23.0 Å². The molecule has 1 aliphatic heterocycles. The molecule has 1 fully saturated rings. The Morgan fingerprint density at radius 1 is 1.46 bits per heavy atom. The van der Waals surface area contributed by atoms with Gasteiger partial charge in [-0.15, -0.1) is 0 Å². The third-order valence-corrected chi connectivity index (χ3v) is 4.36. The number of piperidine rings is 1. The minimum atomic E-state index is -0.407. The second-order valence-electron chi connectivity index (χ2n) is 5.93. The lowest BCUT2D eigenvalue weighted by molar-refractivity contribution is -0.142. The topological polar surface area (TPSA) is 93.3 Å². The number of nitrogens with zero attached hydrogens (tertiary/aromatic N) is 4. The number of anilines is 1. The average Bonchev–Trinajstić information content (AvgIpc) is 3.15. The summed E-state index contributed by atoms with van der Waals surface area (Å²) in [7, 11) is 1.86. The second kappa shape index (κ2) is 6.46. The summed E-state index contributed by atoms with van der Waals surface area (Å²) in [4.78, 5) is 35.2. The zero-order chi connectivity index (χ0) is 17.3. The summed E-state index contributed by atoms with van der Waals surface area (Å²) >= 11 is 0. The zero-order valence-corrected chi connectivity index (χ0v) is 14.0. The molecule has 2 aromatic rings. The molecule has 0 unspecified atom stereocenters. The Kier molecular flexibility index (Phi) is 4.37. The number of hydrogen-bond acceptors (Lipinski definition) is 5. The van der Waals surface area contributed by atoms with E-state index >= 15 is 0 Å². The molecule has 0 spiro atoms. The van der Waals surface area contributed by atoms with Gasteiger partial charge < -0.3 is 13.9 Å². The lowest BCUT2D eigenvalue weighted by Crippen LogP contribution is -2.47. The maximum Gasteiger partial charge on any atom is 0.301 e. The fourth-order valence-corrected chi connectivity index (χ4v) is 3.19. The molecule has 2 aromatic heterocycles. The van der Waals surface area contributed by atoms with Crippen LogP contribution in [0.2, 0.25) is 0 Å². The molecule has 2 amide bonds. The summed E-state index contributed by atoms with van der Waals surface area (Å²) < 4.78 is 7.17. The maximum atomic E-state index is 12.8. The molecule has 0 bridgehead atoms. The number of likely N-dealkylation sites (tertiary alicyclic amines) is 1. The van der Waals surface area contributed by atoms with Crippen molar-refractivity contribution in [3.05, 3.63) is 30.2 Å². The van der Waals surface area contributed by atoms with Gasteiger partial charge in [0.25, 0.3) is 0 Å². The molecule has 8 nitrogen and oxygen atoms in total. The minimum Gasteiger partial charge on any atom is -0.429 e. The molecule has 24 heavy (non-hydrogen) atoms. The Balaban J connectivity index is 1.90. The summed E-state index contributed by atoms with van der Waals surface area (Å²) in [5.41, 5.74) is 0. The van der Waals surface area contributed by atoms with E-state index in [9.17, 15) is 9.59 Å². The van der Waals surface area contributed by atoms with E-state index in [4.69, 9.17) is 4.42 Å². The molecule has 0 aromatic carbocycles. The first-order valence-electron chi connectivity index (χ1n) is 8.01. The highest BCUT2D eigenvalue weighted by atomic mass is 16.4. The molecule has 1 N–H and O–H groups in total. The first-order valence-corrected chi connectivity index (χ1v) is 8.01. The van der Waals surface area contributed by atoms with Crippen LogP contribution >= 0.6 is 0 Å². The Hall–Kier alpha value is -2.64. The maximum absolute atomic E-state index is 12.8. The lowest BCUT2D eigenvalue weighted by atomic mass is 9.87. The molecular weight excluding hydrogens is 310 g/mol. The van der Waals surface area contributed by atoms with Crippen molar-refractivity contribution in [2.75, 3.05) is 11.9 Å². The number of imidazole rings is 1. The van der Waals surface area contributed by atoms with Gasteiger partial charge in [0.1, 0.15) is 17.6 Å². The van der Waals surface area contributed by atoms with Gasteiger partial charge in [-0.3, -0.25) is 14.9 Å². The van der Waals surface area contributed by atoms with Gasteiger partial charge in [0.05, 0.1) is 12.1 Å². The molecular formula is C16H21N5O3. The number of hydrogen-bond donors (Lipinski definition) is 1. The van der Waals surface area contributed by atoms with E-state index in [2.05, 4.69) is 15.3 Å². The monoisotopic (exact) mass is 331 g/mol. The van der Waals surface area contributed by atoms with Gasteiger partial charge >= 0.3 is 6.01 Å². The van der Waals surface area contributed by atoms with Crippen LogP contribution in [0.3, 0.4) is 0 Å². The van der Waals surface area contributed by atoms with E-state index in [1.165, 1.54) is 0 Å². The van der Waals surface area contributed by atoms with Crippen LogP contribution in [0.4, 0.5) is 6.01 Å². The van der Waals surface area contributed by atoms with Crippen LogP contribution in [0.5, 0.6) is 0 Å². The average molecular weight is 331 g/mol. The van der Waals surface area contributed by atoms with Gasteiger partial charge in [0.15, 0.2) is 0 Å². The third-order valence-electron chi connectivity index (χ3n) is 4.36. The Labute approximate surface area is 139 Å². The first kappa shape index (κ1) is 16.2. The highest BCUT2D eigenvalue weighted by Crippen LogP contribution is 2.36. The van der Waals surface area contributed by atoms with Gasteiger partial charge in [0.2, 0.25) is 11.8 Å². The number of aromatic nitrogens is 3. The predicted molar refractivity (Wildman–Crippen MR) is 85.9 cm³/mol. The van der Waals surface area contributed by atoms with Crippen molar-refractivity contribution in [1.82, 2.24) is 19.4 Å². The van der Waals surface area contributed by atoms with Gasteiger partial charge in [-0.05, 0) is 20.3 Å². The quantitative estimate of drug-likeness (QED) is 0.919. The summed E-state index contributed by atoms with van der Waals surface area (Å²) in [6.07, 6.45) is 5.85. The van der Waals surface area contributed by atoms with Gasteiger partial charge in [0, 0.05) is 32.4 Å². The normalized spacial score (nSPS) is 21.1. The van der Waals surface area contributed by atoms with Crippen molar-refractivity contribution in [3.8, 4) is 0 Å². The number of oxazole rings is 1. The molecule has 1 saturated heterocycles. The lowest BCUT2D eigenvalue weighted by Gasteiger charge is -2.39. The standard InChI is InChI=1S/C16H21N5O3/c1-4-21-12(22)6-5-11(13(21)14-17-7-8-20(14)3)15(23)19-16-18-9-10(2)24-16/h7-9,11,13H,4-6H2,1-3H3,(H,18,19,23)/t11-,13-/m0/s1. The zero-order valence-electron chi connectivity index (χ0n) is 14.0. The molecule has 0 aliphatic carbocycles. The first-order chi connectivity index (χ1) is 11.5. The van der Waals surface area contributed by atoms with Crippen LogP contribution in [0, 0.1) is 12.8 Å². The number of nitrogens with one attached hydrogen (secondary N) is 1. The number of amides is 2. The molecule has 8 heteroatoms. The Morgan fingerprint density at radius 2 is 2.25 bits per heavy atom. The number of carbonyl (C=O) groups is 2. The number of carbonyl (C=O) groups excluding carboxylic acids is 2. The van der Waals surface area contributed by atoms with E-state index in [0.29, 0.717) is 31.0 Å². The second-order valence-corrected chi connectivity index (χ2v) is 5.93. The largest absolute Gasteiger partial charge is 0.429 e. The summed E-state index contributed by atoms with van der Waals surface area (Å²) in [5.74, 6) is 0.752. The summed E-state index contributed by atoms with van der Waals surface area (Å²) in [6.45, 7) is 4.20. The van der Waals surface area contributed by atoms with E-state index in [0.717, 1.165) is 0 Å². The van der Waals surface area contributed by atoms with E-state index in [1.807, 2.05) is 24.7 Å². The van der Waals surface area contributed by atoms with Crippen molar-refractivity contribution >= 4 is 17.8 Å². The highest BCUT2D eigenvalue weighted by Gasteiger charge is 2.42. The fourth-order valence-electron chi connectivity index (χ4n) is 3.19. The SMILES string of the molecule is CCN1C(=O)CC[C@H](C(=O)Nc2ncc(C)o2)[C@H]1c1nccn1C. The molecule has 128 valence electrons. The molecule has 0 radical (unpaired) electrons. The van der Waals surface area contributed by atoms with Crippen LogP contribution in [-0.2, 0) is 16.6 Å². The van der Waals surface area contributed by atoms with Crippen molar-refractivity contribution < 1.29 is 14.0 Å². The molecule has 1 aliphatic rings. The molecule has 3 heterocycles. The van der Waals surface area contributed by atoms with Crippen molar-refractivity contribution in [1.29, 1.82) is 0 Å². The summed E-state index contributed by atoms with van der Waals surface area (Å²) in [6, 6.07) is -0.219. The van der Waals surface area contributed by atoms with Gasteiger partial charge in [-0.25, -0.2) is 9.97 Å². The van der Waals surface area contributed by atoms with E-state index in [-0.39, 0.29) is 17.8 Å². The smallest absolute Gasteiger partial charge is 0.301 e. The van der Waals surface area contributed by atoms with Crippen LogP contribution in [0.25, 0.3) is 0 Å². The highest BCUT2D eigenvalue weighted by molar-refractivity contribution is 5.93. The van der Waals surface area contributed by atoms with E-state index in [1.54, 1.807) is 24.2 Å². The molecule has 2 atom stereocenters. The number of rotatable bonds is 4. The number of aryl methyl sites for hydroxylation is 2. The third kappa shape index (κ3) is 2.91. The molecule has 0 saturated carbocycles. The van der Waals surface area contributed by atoms with Crippen LogP contribution < -0.4 is 5.32 Å². The van der Waals surface area contributed by atoms with Crippen molar-refractivity contribution in [2.45, 2.75) is 32.7 Å². The van der Waals surface area contributed by atoms with E-state index < -0.39 is 12.0 Å².